The van der Waals surface area contributed by atoms with Gasteiger partial charge in [0.15, 0.2) is 5.78 Å². The molecule has 2 aromatic rings. The van der Waals surface area contributed by atoms with Gasteiger partial charge in [0.05, 0.1) is 0 Å². The molecular formula is C13H14ClNO. The third-order valence-electron chi connectivity index (χ3n) is 2.68. The number of fused-ring (bicyclic) bond motifs is 1. The van der Waals surface area contributed by atoms with Crippen LogP contribution in [0.15, 0.2) is 24.4 Å². The van der Waals surface area contributed by atoms with Crippen molar-refractivity contribution in [3.8, 4) is 0 Å². The van der Waals surface area contributed by atoms with Gasteiger partial charge in [-0.1, -0.05) is 11.6 Å². The van der Waals surface area contributed by atoms with E-state index in [4.69, 9.17) is 11.6 Å². The molecule has 0 spiro atoms. The van der Waals surface area contributed by atoms with Crippen LogP contribution in [0.25, 0.3) is 10.9 Å². The zero-order chi connectivity index (χ0) is 11.5. The molecule has 16 heavy (non-hydrogen) atoms. The lowest BCUT2D eigenvalue weighted by Crippen LogP contribution is -1.98. The highest BCUT2D eigenvalue weighted by Crippen LogP contribution is 2.21. The number of aromatic nitrogens is 1. The molecule has 2 rings (SSSR count). The molecule has 1 N–H and O–H groups in total. The molecule has 3 heteroatoms. The molecule has 0 aliphatic heterocycles. The Morgan fingerprint density at radius 3 is 3.00 bits per heavy atom. The van der Waals surface area contributed by atoms with Gasteiger partial charge in [0, 0.05) is 35.0 Å². The second kappa shape index (κ2) is 4.71. The first-order valence-corrected chi connectivity index (χ1v) is 5.92. The number of H-pyrrole nitrogens is 1. The smallest absolute Gasteiger partial charge is 0.165 e. The van der Waals surface area contributed by atoms with Gasteiger partial charge in [-0.05, 0) is 25.5 Å². The zero-order valence-electron chi connectivity index (χ0n) is 9.22. The van der Waals surface area contributed by atoms with E-state index < -0.39 is 0 Å². The Bertz CT molecular complexity index is 516. The van der Waals surface area contributed by atoms with Gasteiger partial charge in [-0.25, -0.2) is 0 Å². The van der Waals surface area contributed by atoms with E-state index in [1.165, 1.54) is 5.56 Å². The molecular weight excluding hydrogens is 222 g/mol. The minimum absolute atomic E-state index is 0.164. The number of aryl methyl sites for hydroxylation is 1. The van der Waals surface area contributed by atoms with Crippen LogP contribution >= 0.6 is 11.6 Å². The molecule has 0 atom stereocenters. The van der Waals surface area contributed by atoms with Gasteiger partial charge >= 0.3 is 0 Å². The molecule has 1 aromatic carbocycles. The maximum atomic E-state index is 11.9. The molecule has 0 saturated carbocycles. The average molecular weight is 236 g/mol. The minimum Gasteiger partial charge on any atom is -0.360 e. The van der Waals surface area contributed by atoms with Gasteiger partial charge < -0.3 is 4.98 Å². The summed E-state index contributed by atoms with van der Waals surface area (Å²) in [4.78, 5) is 15.0. The summed E-state index contributed by atoms with van der Waals surface area (Å²) in [5, 5.41) is 1.01. The van der Waals surface area contributed by atoms with Crippen molar-refractivity contribution in [2.24, 2.45) is 0 Å². The van der Waals surface area contributed by atoms with Crippen molar-refractivity contribution >= 4 is 28.3 Å². The van der Waals surface area contributed by atoms with Crippen LogP contribution in [-0.2, 0) is 0 Å². The largest absolute Gasteiger partial charge is 0.360 e. The van der Waals surface area contributed by atoms with Gasteiger partial charge in [0.25, 0.3) is 0 Å². The lowest BCUT2D eigenvalue weighted by molar-refractivity contribution is 0.0983. The molecule has 84 valence electrons. The Morgan fingerprint density at radius 2 is 2.25 bits per heavy atom. The van der Waals surface area contributed by atoms with Crippen LogP contribution in [0.5, 0.6) is 0 Å². The Hall–Kier alpha value is -1.28. The predicted octanol–water partition coefficient (Wildman–Crippen LogP) is 3.68. The van der Waals surface area contributed by atoms with Gasteiger partial charge in [0.1, 0.15) is 0 Å². The highest BCUT2D eigenvalue weighted by Gasteiger charge is 2.11. The van der Waals surface area contributed by atoms with E-state index in [2.05, 4.69) is 4.98 Å². The summed E-state index contributed by atoms with van der Waals surface area (Å²) in [7, 11) is 0. The molecule has 0 amide bonds. The van der Waals surface area contributed by atoms with E-state index >= 15 is 0 Å². The molecule has 0 saturated heterocycles. The Kier molecular flexibility index (Phi) is 3.30. The number of carbonyl (C=O) groups is 1. The van der Waals surface area contributed by atoms with Crippen molar-refractivity contribution < 1.29 is 4.79 Å². The summed E-state index contributed by atoms with van der Waals surface area (Å²) in [5.41, 5.74) is 2.96. The predicted molar refractivity (Wildman–Crippen MR) is 67.3 cm³/mol. The first-order valence-electron chi connectivity index (χ1n) is 5.39. The van der Waals surface area contributed by atoms with Crippen molar-refractivity contribution in [2.45, 2.75) is 19.8 Å². The van der Waals surface area contributed by atoms with Crippen LogP contribution < -0.4 is 0 Å². The number of hydrogen-bond donors (Lipinski definition) is 1. The second-order valence-corrected chi connectivity index (χ2v) is 4.35. The van der Waals surface area contributed by atoms with Crippen molar-refractivity contribution in [1.82, 2.24) is 4.98 Å². The number of Topliss-reactive ketones (excluding diaryl/α,β-unsaturated/α-hetero) is 1. The molecule has 1 heterocycles. The van der Waals surface area contributed by atoms with E-state index in [1.807, 2.05) is 25.1 Å². The number of benzene rings is 1. The highest BCUT2D eigenvalue weighted by molar-refractivity contribution is 6.18. The summed E-state index contributed by atoms with van der Waals surface area (Å²) >= 11 is 5.59. The Labute approximate surface area is 99.6 Å². The second-order valence-electron chi connectivity index (χ2n) is 3.97. The van der Waals surface area contributed by atoms with Gasteiger partial charge in [-0.15, -0.1) is 11.6 Å². The van der Waals surface area contributed by atoms with Crippen molar-refractivity contribution in [1.29, 1.82) is 0 Å². The number of carbonyl (C=O) groups excluding carboxylic acids is 1. The van der Waals surface area contributed by atoms with E-state index in [0.29, 0.717) is 12.3 Å². The summed E-state index contributed by atoms with van der Waals surface area (Å²) in [6.07, 6.45) is 3.05. The summed E-state index contributed by atoms with van der Waals surface area (Å²) in [5.74, 6) is 0.699. The lowest BCUT2D eigenvalue weighted by Gasteiger charge is -1.98. The van der Waals surface area contributed by atoms with Gasteiger partial charge in [-0.3, -0.25) is 4.79 Å². The number of nitrogens with one attached hydrogen (secondary N) is 1. The molecule has 2 nitrogen and oxygen atoms in total. The standard InChI is InChI=1S/C13H14ClNO/c1-9-4-5-12-10(7-9)11(8-15-12)13(16)3-2-6-14/h4-5,7-8,15H,2-3,6H2,1H3. The SMILES string of the molecule is Cc1ccc2[nH]cc(C(=O)CCCCl)c2c1. The van der Waals surface area contributed by atoms with Gasteiger partial charge in [-0.2, -0.15) is 0 Å². The number of ketones is 1. The average Bonchev–Trinajstić information content (AvgIpc) is 2.68. The minimum atomic E-state index is 0.164. The number of halogens is 1. The maximum absolute atomic E-state index is 11.9. The van der Waals surface area contributed by atoms with Crippen LogP contribution in [-0.4, -0.2) is 16.6 Å². The van der Waals surface area contributed by atoms with Gasteiger partial charge in [0.2, 0.25) is 0 Å². The molecule has 0 bridgehead atoms. The summed E-state index contributed by atoms with van der Waals surface area (Å²) in [6.45, 7) is 2.03. The zero-order valence-corrected chi connectivity index (χ0v) is 9.97. The molecule has 0 fully saturated rings. The number of alkyl halides is 1. The third kappa shape index (κ3) is 2.12. The van der Waals surface area contributed by atoms with Crippen LogP contribution in [0.4, 0.5) is 0 Å². The van der Waals surface area contributed by atoms with E-state index in [0.717, 1.165) is 22.9 Å². The van der Waals surface area contributed by atoms with Crippen molar-refractivity contribution in [2.75, 3.05) is 5.88 Å². The molecule has 1 aromatic heterocycles. The van der Waals surface area contributed by atoms with Crippen LogP contribution in [0.1, 0.15) is 28.8 Å². The molecule has 0 aliphatic carbocycles. The maximum Gasteiger partial charge on any atom is 0.165 e. The Balaban J connectivity index is 2.37. The molecule has 0 aliphatic rings. The fourth-order valence-corrected chi connectivity index (χ4v) is 1.96. The monoisotopic (exact) mass is 235 g/mol. The van der Waals surface area contributed by atoms with E-state index in [1.54, 1.807) is 6.20 Å². The number of hydrogen-bond acceptors (Lipinski definition) is 1. The summed E-state index contributed by atoms with van der Waals surface area (Å²) in [6, 6.07) is 6.08. The Morgan fingerprint density at radius 1 is 1.44 bits per heavy atom. The first kappa shape index (κ1) is 11.2. The topological polar surface area (TPSA) is 32.9 Å². The molecule has 0 unspecified atom stereocenters. The highest BCUT2D eigenvalue weighted by atomic mass is 35.5. The fourth-order valence-electron chi connectivity index (χ4n) is 1.83. The van der Waals surface area contributed by atoms with Crippen LogP contribution in [0, 0.1) is 6.92 Å². The molecule has 0 radical (unpaired) electrons. The third-order valence-corrected chi connectivity index (χ3v) is 2.94. The quantitative estimate of drug-likeness (QED) is 0.637. The number of aromatic amines is 1. The van der Waals surface area contributed by atoms with E-state index in [-0.39, 0.29) is 5.78 Å². The van der Waals surface area contributed by atoms with E-state index in [9.17, 15) is 4.79 Å². The van der Waals surface area contributed by atoms with Crippen LogP contribution in [0.3, 0.4) is 0 Å². The van der Waals surface area contributed by atoms with Crippen molar-refractivity contribution in [3.05, 3.63) is 35.5 Å². The number of rotatable bonds is 4. The summed E-state index contributed by atoms with van der Waals surface area (Å²) < 4.78 is 0. The lowest BCUT2D eigenvalue weighted by atomic mass is 10.0. The van der Waals surface area contributed by atoms with Crippen molar-refractivity contribution in [3.63, 3.8) is 0 Å². The normalized spacial score (nSPS) is 10.9. The first-order chi connectivity index (χ1) is 7.72. The fraction of sp³-hybridized carbons (Fsp3) is 0.308. The van der Waals surface area contributed by atoms with Crippen LogP contribution in [0.2, 0.25) is 0 Å².